The minimum absolute atomic E-state index is 0.0620. The molecule has 0 fully saturated rings. The largest absolute Gasteiger partial charge is 0.312 e. The summed E-state index contributed by atoms with van der Waals surface area (Å²) in [6, 6.07) is 8.22. The van der Waals surface area contributed by atoms with Crippen LogP contribution in [-0.2, 0) is 16.8 Å². The third kappa shape index (κ3) is 4.51. The number of hydrogen-bond donors (Lipinski definition) is 1. The Morgan fingerprint density at radius 2 is 1.90 bits per heavy atom. The van der Waals surface area contributed by atoms with Crippen molar-refractivity contribution in [3.63, 3.8) is 0 Å². The van der Waals surface area contributed by atoms with Crippen molar-refractivity contribution >= 4 is 28.1 Å². The molecule has 8 nitrogen and oxygen atoms in total. The molecule has 3 aromatic rings. The van der Waals surface area contributed by atoms with Gasteiger partial charge in [0, 0.05) is 10.9 Å². The number of nitro groups is 1. The zero-order valence-electron chi connectivity index (χ0n) is 17.0. The first-order valence-electron chi connectivity index (χ1n) is 9.11. The number of hydrogen-bond acceptors (Lipinski definition) is 6. The van der Waals surface area contributed by atoms with Crippen LogP contribution >= 0.6 is 11.3 Å². The number of anilines is 1. The predicted molar refractivity (Wildman–Crippen MR) is 113 cm³/mol. The maximum atomic E-state index is 12.4. The molecule has 0 unspecified atom stereocenters. The third-order valence-electron chi connectivity index (χ3n) is 4.62. The van der Waals surface area contributed by atoms with Gasteiger partial charge in [0.2, 0.25) is 5.91 Å². The van der Waals surface area contributed by atoms with E-state index in [-0.39, 0.29) is 29.2 Å². The fourth-order valence-corrected chi connectivity index (χ4v) is 3.74. The normalized spacial score (nSPS) is 11.5. The summed E-state index contributed by atoms with van der Waals surface area (Å²) in [5, 5.41) is 20.3. The van der Waals surface area contributed by atoms with E-state index in [1.807, 2.05) is 17.5 Å². The smallest absolute Gasteiger partial charge is 0.300 e. The molecule has 0 aliphatic carbocycles. The fraction of sp³-hybridized carbons (Fsp3) is 0.350. The average Bonchev–Trinajstić information content (AvgIpc) is 3.18. The number of aryl methyl sites for hydroxylation is 1. The Kier molecular flexibility index (Phi) is 5.52. The van der Waals surface area contributed by atoms with Crippen LogP contribution in [0.15, 0.2) is 29.6 Å². The van der Waals surface area contributed by atoms with Gasteiger partial charge in [-0.25, -0.2) is 4.98 Å². The lowest BCUT2D eigenvalue weighted by Crippen LogP contribution is -2.20. The highest BCUT2D eigenvalue weighted by molar-refractivity contribution is 7.14. The Hall–Kier alpha value is -3.07. The summed E-state index contributed by atoms with van der Waals surface area (Å²) in [4.78, 5) is 27.4. The van der Waals surface area contributed by atoms with Gasteiger partial charge in [-0.3, -0.25) is 19.6 Å². The molecule has 0 spiro atoms. The summed E-state index contributed by atoms with van der Waals surface area (Å²) >= 11 is 1.33. The van der Waals surface area contributed by atoms with Crippen molar-refractivity contribution in [2.24, 2.45) is 0 Å². The van der Waals surface area contributed by atoms with Crippen molar-refractivity contribution in [3.05, 3.63) is 56.7 Å². The molecule has 0 aliphatic rings. The maximum Gasteiger partial charge on any atom is 0.312 e. The first-order valence-corrected chi connectivity index (χ1v) is 9.99. The average molecular weight is 414 g/mol. The number of nitrogens with zero attached hydrogens (tertiary/aromatic N) is 4. The molecule has 0 aliphatic heterocycles. The van der Waals surface area contributed by atoms with E-state index in [1.165, 1.54) is 21.6 Å². The topological polar surface area (TPSA) is 103 Å². The third-order valence-corrected chi connectivity index (χ3v) is 5.37. The molecule has 29 heavy (non-hydrogen) atoms. The highest BCUT2D eigenvalue weighted by Gasteiger charge is 2.23. The Balaban J connectivity index is 1.70. The zero-order chi connectivity index (χ0) is 21.3. The SMILES string of the molecule is Cc1nn(CC(=O)Nc2nc(-c3ccc(C(C)(C)C)cc3)cs2)c(C)c1[N+](=O)[O-]. The summed E-state index contributed by atoms with van der Waals surface area (Å²) in [7, 11) is 0. The van der Waals surface area contributed by atoms with Gasteiger partial charge >= 0.3 is 5.69 Å². The molecule has 2 aromatic heterocycles. The van der Waals surface area contributed by atoms with Crippen LogP contribution in [0.5, 0.6) is 0 Å². The van der Waals surface area contributed by atoms with Crippen molar-refractivity contribution in [3.8, 4) is 11.3 Å². The van der Waals surface area contributed by atoms with E-state index in [4.69, 9.17) is 0 Å². The van der Waals surface area contributed by atoms with Crippen LogP contribution in [0.3, 0.4) is 0 Å². The Morgan fingerprint density at radius 1 is 1.24 bits per heavy atom. The molecule has 0 atom stereocenters. The van der Waals surface area contributed by atoms with Crippen LogP contribution in [0.2, 0.25) is 0 Å². The Labute approximate surface area is 172 Å². The number of thiazole rings is 1. The van der Waals surface area contributed by atoms with Gasteiger partial charge < -0.3 is 5.32 Å². The summed E-state index contributed by atoms with van der Waals surface area (Å²) in [6.07, 6.45) is 0. The molecule has 9 heteroatoms. The van der Waals surface area contributed by atoms with Gasteiger partial charge in [-0.15, -0.1) is 11.3 Å². The van der Waals surface area contributed by atoms with Crippen molar-refractivity contribution in [2.45, 2.75) is 46.6 Å². The van der Waals surface area contributed by atoms with Crippen LogP contribution in [0, 0.1) is 24.0 Å². The highest BCUT2D eigenvalue weighted by atomic mass is 32.1. The standard InChI is InChI=1S/C20H23N5O3S/c1-12-18(25(27)28)13(2)24(23-12)10-17(26)22-19-21-16(11-29-19)14-6-8-15(9-7-14)20(3,4)5/h6-9,11H,10H2,1-5H3,(H,21,22,26). The van der Waals surface area contributed by atoms with Gasteiger partial charge in [-0.2, -0.15) is 5.10 Å². The number of nitrogens with one attached hydrogen (secondary N) is 1. The lowest BCUT2D eigenvalue weighted by Gasteiger charge is -2.18. The summed E-state index contributed by atoms with van der Waals surface area (Å²) in [5.41, 5.74) is 3.66. The van der Waals surface area contributed by atoms with Crippen LogP contribution in [0.25, 0.3) is 11.3 Å². The lowest BCUT2D eigenvalue weighted by molar-refractivity contribution is -0.386. The molecule has 0 bridgehead atoms. The van der Waals surface area contributed by atoms with Gasteiger partial charge in [0.25, 0.3) is 0 Å². The van der Waals surface area contributed by atoms with Gasteiger partial charge in [0.15, 0.2) is 5.13 Å². The summed E-state index contributed by atoms with van der Waals surface area (Å²) in [5.74, 6) is -0.338. The molecule has 1 amide bonds. The molecule has 3 rings (SSSR count). The number of aromatic nitrogens is 3. The first-order chi connectivity index (χ1) is 13.6. The van der Waals surface area contributed by atoms with Crippen molar-refractivity contribution in [1.82, 2.24) is 14.8 Å². The molecule has 0 radical (unpaired) electrons. The van der Waals surface area contributed by atoms with E-state index < -0.39 is 4.92 Å². The van der Waals surface area contributed by atoms with E-state index in [0.717, 1.165) is 11.3 Å². The van der Waals surface area contributed by atoms with E-state index in [2.05, 4.69) is 48.3 Å². The predicted octanol–water partition coefficient (Wildman–Crippen LogP) is 4.47. The Bertz CT molecular complexity index is 1060. The van der Waals surface area contributed by atoms with Crippen LogP contribution < -0.4 is 5.32 Å². The molecular formula is C20H23N5O3S. The zero-order valence-corrected chi connectivity index (χ0v) is 17.8. The first kappa shape index (κ1) is 20.7. The molecule has 0 saturated heterocycles. The van der Waals surface area contributed by atoms with Crippen LogP contribution in [0.4, 0.5) is 10.8 Å². The van der Waals surface area contributed by atoms with E-state index in [9.17, 15) is 14.9 Å². The number of benzene rings is 1. The monoisotopic (exact) mass is 413 g/mol. The minimum Gasteiger partial charge on any atom is -0.300 e. The molecule has 1 N–H and O–H groups in total. The lowest BCUT2D eigenvalue weighted by atomic mass is 9.86. The fourth-order valence-electron chi connectivity index (χ4n) is 3.01. The summed E-state index contributed by atoms with van der Waals surface area (Å²) < 4.78 is 1.34. The highest BCUT2D eigenvalue weighted by Crippen LogP contribution is 2.28. The molecule has 152 valence electrons. The van der Waals surface area contributed by atoms with Crippen molar-refractivity contribution < 1.29 is 9.72 Å². The quantitative estimate of drug-likeness (QED) is 0.491. The molecular weight excluding hydrogens is 390 g/mol. The van der Waals surface area contributed by atoms with Gasteiger partial charge in [-0.1, -0.05) is 45.0 Å². The van der Waals surface area contributed by atoms with Crippen molar-refractivity contribution in [2.75, 3.05) is 5.32 Å². The van der Waals surface area contributed by atoms with Crippen molar-refractivity contribution in [1.29, 1.82) is 0 Å². The van der Waals surface area contributed by atoms with Gasteiger partial charge in [0.05, 0.1) is 10.6 Å². The van der Waals surface area contributed by atoms with Crippen LogP contribution in [-0.4, -0.2) is 25.6 Å². The number of carbonyl (C=O) groups excluding carboxylic acids is 1. The Morgan fingerprint density at radius 3 is 2.45 bits per heavy atom. The molecule has 2 heterocycles. The van der Waals surface area contributed by atoms with E-state index in [1.54, 1.807) is 13.8 Å². The van der Waals surface area contributed by atoms with Crippen LogP contribution in [0.1, 0.15) is 37.7 Å². The maximum absolute atomic E-state index is 12.4. The second-order valence-corrected chi connectivity index (χ2v) is 8.71. The van der Waals surface area contributed by atoms with Gasteiger partial charge in [0.1, 0.15) is 17.9 Å². The van der Waals surface area contributed by atoms with E-state index >= 15 is 0 Å². The second-order valence-electron chi connectivity index (χ2n) is 7.85. The number of rotatable bonds is 5. The molecule has 1 aromatic carbocycles. The van der Waals surface area contributed by atoms with E-state index in [0.29, 0.717) is 10.8 Å². The minimum atomic E-state index is -0.482. The summed E-state index contributed by atoms with van der Waals surface area (Å²) in [6.45, 7) is 9.50. The number of carbonyl (C=O) groups is 1. The van der Waals surface area contributed by atoms with Gasteiger partial charge in [-0.05, 0) is 24.8 Å². The number of amides is 1. The molecule has 0 saturated carbocycles. The second kappa shape index (κ2) is 7.75.